The molecule has 0 aliphatic carbocycles. The van der Waals surface area contributed by atoms with Gasteiger partial charge < -0.3 is 14.5 Å². The molecule has 2 aliphatic rings. The highest BCUT2D eigenvalue weighted by Gasteiger charge is 2.40. The number of non-ortho nitro benzene ring substituents is 1. The third-order valence-electron chi connectivity index (χ3n) is 6.09. The molecule has 0 spiro atoms. The fraction of sp³-hybridized carbons (Fsp3) is 0.192. The monoisotopic (exact) mass is 518 g/mol. The van der Waals surface area contributed by atoms with Crippen LogP contribution in [0.2, 0.25) is 0 Å². The van der Waals surface area contributed by atoms with Crippen LogP contribution in [0.15, 0.2) is 78.9 Å². The molecule has 0 N–H and O–H groups in total. The number of imide groups is 1. The zero-order valence-corrected chi connectivity index (χ0v) is 20.4. The van der Waals surface area contributed by atoms with Crippen LogP contribution in [0.5, 0.6) is 0 Å². The molecule has 188 valence electrons. The number of anilines is 2. The van der Waals surface area contributed by atoms with E-state index in [0.717, 1.165) is 27.9 Å². The average molecular weight is 519 g/mol. The van der Waals surface area contributed by atoms with Gasteiger partial charge in [-0.25, -0.2) is 0 Å². The minimum absolute atomic E-state index is 0.00843. The summed E-state index contributed by atoms with van der Waals surface area (Å²) in [6, 6.07) is 22.8. The third-order valence-corrected chi connectivity index (χ3v) is 7.06. The molecule has 1 atom stereocenters. The fourth-order valence-corrected chi connectivity index (χ4v) is 5.09. The molecule has 2 heterocycles. The molecule has 1 unspecified atom stereocenters. The summed E-state index contributed by atoms with van der Waals surface area (Å²) in [6.07, 6.45) is 0. The van der Waals surface area contributed by atoms with Crippen molar-refractivity contribution in [2.24, 2.45) is 0 Å². The Morgan fingerprint density at radius 1 is 0.973 bits per heavy atom. The standard InChI is InChI=1S/C26H22N4O6S/c31-23-21-15-20(30(34)35)11-12-22(21)29(19-9-5-2-6-10-19)17-27(23)13-14-36-25-24(32)28(26(33)37-25)16-18-7-3-1-4-8-18/h1-12,15,25H,13-14,16-17H2. The van der Waals surface area contributed by atoms with Gasteiger partial charge in [-0.1, -0.05) is 48.5 Å². The highest BCUT2D eigenvalue weighted by molar-refractivity contribution is 8.15. The van der Waals surface area contributed by atoms with Crippen LogP contribution in [0.4, 0.5) is 21.9 Å². The molecule has 0 bridgehead atoms. The first-order chi connectivity index (χ1) is 17.9. The predicted octanol–water partition coefficient (Wildman–Crippen LogP) is 4.38. The molecule has 0 aromatic heterocycles. The average Bonchev–Trinajstić information content (AvgIpc) is 3.18. The first-order valence-electron chi connectivity index (χ1n) is 11.5. The number of ether oxygens (including phenoxy) is 1. The van der Waals surface area contributed by atoms with Crippen molar-refractivity contribution < 1.29 is 24.0 Å². The van der Waals surface area contributed by atoms with E-state index in [1.54, 1.807) is 6.07 Å². The van der Waals surface area contributed by atoms with Gasteiger partial charge >= 0.3 is 0 Å². The molecule has 5 rings (SSSR count). The van der Waals surface area contributed by atoms with Crippen molar-refractivity contribution in [1.29, 1.82) is 0 Å². The van der Waals surface area contributed by atoms with Gasteiger partial charge in [0.15, 0.2) is 5.44 Å². The fourth-order valence-electron chi connectivity index (χ4n) is 4.23. The largest absolute Gasteiger partial charge is 0.355 e. The molecular weight excluding hydrogens is 496 g/mol. The molecule has 3 aromatic carbocycles. The predicted molar refractivity (Wildman–Crippen MR) is 137 cm³/mol. The van der Waals surface area contributed by atoms with Crippen LogP contribution >= 0.6 is 11.8 Å². The van der Waals surface area contributed by atoms with Gasteiger partial charge in [0.1, 0.15) is 0 Å². The van der Waals surface area contributed by atoms with Gasteiger partial charge in [-0.15, -0.1) is 0 Å². The van der Waals surface area contributed by atoms with Crippen molar-refractivity contribution in [2.45, 2.75) is 12.0 Å². The van der Waals surface area contributed by atoms with Crippen molar-refractivity contribution in [3.63, 3.8) is 0 Å². The maximum atomic E-state index is 13.3. The van der Waals surface area contributed by atoms with Crippen LogP contribution < -0.4 is 4.90 Å². The van der Waals surface area contributed by atoms with E-state index in [9.17, 15) is 24.5 Å². The Hall–Kier alpha value is -4.22. The highest BCUT2D eigenvalue weighted by Crippen LogP contribution is 2.36. The Kier molecular flexibility index (Phi) is 6.89. The van der Waals surface area contributed by atoms with Gasteiger partial charge in [0, 0.05) is 24.4 Å². The molecule has 11 heteroatoms. The molecule has 10 nitrogen and oxygen atoms in total. The summed E-state index contributed by atoms with van der Waals surface area (Å²) in [6.45, 7) is 0.495. The van der Waals surface area contributed by atoms with Crippen molar-refractivity contribution >= 4 is 45.9 Å². The molecule has 3 aromatic rings. The maximum absolute atomic E-state index is 13.3. The molecule has 1 saturated heterocycles. The highest BCUT2D eigenvalue weighted by atomic mass is 32.2. The lowest BCUT2D eigenvalue weighted by molar-refractivity contribution is -0.384. The molecule has 37 heavy (non-hydrogen) atoms. The lowest BCUT2D eigenvalue weighted by atomic mass is 10.1. The second-order valence-electron chi connectivity index (χ2n) is 8.43. The van der Waals surface area contributed by atoms with E-state index in [-0.39, 0.29) is 48.8 Å². The smallest absolute Gasteiger partial charge is 0.291 e. The van der Waals surface area contributed by atoms with Gasteiger partial charge in [-0.2, -0.15) is 0 Å². The topological polar surface area (TPSA) is 113 Å². The van der Waals surface area contributed by atoms with Gasteiger partial charge in [-0.05, 0) is 35.5 Å². The second-order valence-corrected chi connectivity index (χ2v) is 9.44. The Labute approximate surface area is 216 Å². The Morgan fingerprint density at radius 3 is 2.38 bits per heavy atom. The normalized spacial score (nSPS) is 17.4. The SMILES string of the molecule is O=C1c2cc([N+](=O)[O-])ccc2N(c2ccccc2)CN1CCOC1SC(=O)N(Cc2ccccc2)C1=O. The van der Waals surface area contributed by atoms with Gasteiger partial charge in [0.2, 0.25) is 0 Å². The number of carbonyl (C=O) groups excluding carboxylic acids is 3. The summed E-state index contributed by atoms with van der Waals surface area (Å²) in [5.41, 5.74) is 1.26. The molecule has 3 amide bonds. The van der Waals surface area contributed by atoms with Crippen molar-refractivity contribution in [3.8, 4) is 0 Å². The van der Waals surface area contributed by atoms with E-state index in [1.807, 2.05) is 65.6 Å². The number of nitro groups is 1. The zero-order chi connectivity index (χ0) is 25.9. The number of amides is 3. The number of carbonyl (C=O) groups is 3. The second kappa shape index (κ2) is 10.4. The summed E-state index contributed by atoms with van der Waals surface area (Å²) in [4.78, 5) is 53.8. The first kappa shape index (κ1) is 24.5. The van der Waals surface area contributed by atoms with Crippen LogP contribution in [0.25, 0.3) is 0 Å². The van der Waals surface area contributed by atoms with E-state index in [1.165, 1.54) is 17.0 Å². The quantitative estimate of drug-likeness (QED) is 0.319. The minimum Gasteiger partial charge on any atom is -0.355 e. The van der Waals surface area contributed by atoms with Crippen LogP contribution in [0.1, 0.15) is 15.9 Å². The molecule has 0 saturated carbocycles. The number of fused-ring (bicyclic) bond motifs is 1. The minimum atomic E-state index is -0.991. The number of hydrogen-bond donors (Lipinski definition) is 0. The number of rotatable bonds is 8. The first-order valence-corrected chi connectivity index (χ1v) is 12.4. The van der Waals surface area contributed by atoms with Gasteiger partial charge in [0.25, 0.3) is 22.7 Å². The van der Waals surface area contributed by atoms with E-state index in [0.29, 0.717) is 5.69 Å². The number of thioether (sulfide) groups is 1. The molecule has 0 radical (unpaired) electrons. The summed E-state index contributed by atoms with van der Waals surface area (Å²) in [5, 5.41) is 10.9. The van der Waals surface area contributed by atoms with Crippen LogP contribution in [-0.4, -0.2) is 57.0 Å². The van der Waals surface area contributed by atoms with Crippen LogP contribution in [0.3, 0.4) is 0 Å². The Morgan fingerprint density at radius 2 is 1.68 bits per heavy atom. The third kappa shape index (κ3) is 5.04. The molecular formula is C26H22N4O6S. The lowest BCUT2D eigenvalue weighted by Crippen LogP contribution is -2.46. The lowest BCUT2D eigenvalue weighted by Gasteiger charge is -2.38. The summed E-state index contributed by atoms with van der Waals surface area (Å²) >= 11 is 0.806. The van der Waals surface area contributed by atoms with Crippen molar-refractivity contribution in [1.82, 2.24) is 9.80 Å². The van der Waals surface area contributed by atoms with Crippen molar-refractivity contribution in [3.05, 3.63) is 100 Å². The number of para-hydroxylation sites is 1. The van der Waals surface area contributed by atoms with Gasteiger partial charge in [0.05, 0.1) is 36.0 Å². The van der Waals surface area contributed by atoms with Crippen LogP contribution in [0, 0.1) is 10.1 Å². The Balaban J connectivity index is 1.28. The van der Waals surface area contributed by atoms with E-state index < -0.39 is 16.3 Å². The summed E-state index contributed by atoms with van der Waals surface area (Å²) in [7, 11) is 0. The number of hydrogen-bond acceptors (Lipinski definition) is 8. The number of benzene rings is 3. The molecule has 2 aliphatic heterocycles. The van der Waals surface area contributed by atoms with E-state index >= 15 is 0 Å². The summed E-state index contributed by atoms with van der Waals surface area (Å²) in [5.74, 6) is -0.808. The van der Waals surface area contributed by atoms with Crippen LogP contribution in [-0.2, 0) is 16.1 Å². The van der Waals surface area contributed by atoms with E-state index in [4.69, 9.17) is 4.74 Å². The van der Waals surface area contributed by atoms with Gasteiger partial charge in [-0.3, -0.25) is 29.4 Å². The Bertz CT molecular complexity index is 1350. The van der Waals surface area contributed by atoms with E-state index in [2.05, 4.69) is 0 Å². The summed E-state index contributed by atoms with van der Waals surface area (Å²) < 4.78 is 5.73. The number of nitrogens with zero attached hydrogens (tertiary/aromatic N) is 4. The van der Waals surface area contributed by atoms with Crippen molar-refractivity contribution in [2.75, 3.05) is 24.7 Å². The zero-order valence-electron chi connectivity index (χ0n) is 19.6. The molecule has 1 fully saturated rings. The number of nitro benzene ring substituents is 1. The maximum Gasteiger partial charge on any atom is 0.291 e.